The van der Waals surface area contributed by atoms with E-state index in [2.05, 4.69) is 21.6 Å². The van der Waals surface area contributed by atoms with Crippen molar-refractivity contribution < 1.29 is 0 Å². The Labute approximate surface area is 179 Å². The molecule has 5 rings (SSSR count). The summed E-state index contributed by atoms with van der Waals surface area (Å²) in [6.45, 7) is 6.25. The summed E-state index contributed by atoms with van der Waals surface area (Å²) in [5.41, 5.74) is 7.92. The Morgan fingerprint density at radius 3 is 2.97 bits per heavy atom. The second-order valence-corrected chi connectivity index (χ2v) is 7.98. The van der Waals surface area contributed by atoms with Crippen molar-refractivity contribution in [3.8, 4) is 0 Å². The van der Waals surface area contributed by atoms with Gasteiger partial charge in [-0.1, -0.05) is 30.3 Å². The number of allylic oxidation sites excluding steroid dienone is 1. The van der Waals surface area contributed by atoms with Crippen LogP contribution in [0, 0.1) is 0 Å². The van der Waals surface area contributed by atoms with Crippen molar-refractivity contribution >= 4 is 27.8 Å². The molecule has 1 saturated heterocycles. The second kappa shape index (κ2) is 7.96. The molecule has 0 saturated carbocycles. The largest absolute Gasteiger partial charge is 0.341 e. The lowest BCUT2D eigenvalue weighted by atomic mass is 10.1. The van der Waals surface area contributed by atoms with Gasteiger partial charge >= 0.3 is 0 Å². The Morgan fingerprint density at radius 1 is 1.26 bits per heavy atom. The first-order valence-electron chi connectivity index (χ1n) is 10.6. The topological polar surface area (TPSA) is 94.9 Å². The number of hydrogen-bond acceptors (Lipinski definition) is 6. The van der Waals surface area contributed by atoms with Crippen LogP contribution in [0.4, 0.5) is 5.95 Å². The van der Waals surface area contributed by atoms with Crippen LogP contribution < -0.4 is 16.2 Å². The SMILES string of the molecule is C=CCn1c(N2CCCC(N)C2)nc2cnn(Cc3nccc4ccccc34)c(=O)c21. The van der Waals surface area contributed by atoms with Crippen LogP contribution in [0.5, 0.6) is 0 Å². The highest BCUT2D eigenvalue weighted by molar-refractivity contribution is 5.84. The standard InChI is InChI=1S/C23H25N7O/c1-2-11-29-21-19(27-23(29)28-12-5-7-17(24)14-28)13-26-30(22(21)31)15-20-18-8-4-3-6-16(18)9-10-25-20/h2-4,6,8-10,13,17H,1,5,7,11-12,14-15,24H2. The zero-order chi connectivity index (χ0) is 21.4. The molecule has 4 aromatic rings. The summed E-state index contributed by atoms with van der Waals surface area (Å²) in [6.07, 6.45) is 7.22. The molecule has 0 amide bonds. The third-order valence-corrected chi connectivity index (χ3v) is 5.84. The van der Waals surface area contributed by atoms with Gasteiger partial charge in [0.05, 0.1) is 18.4 Å². The van der Waals surface area contributed by atoms with Gasteiger partial charge in [0, 0.05) is 37.3 Å². The molecule has 3 aromatic heterocycles. The predicted molar refractivity (Wildman–Crippen MR) is 122 cm³/mol. The number of nitrogens with two attached hydrogens (primary N) is 1. The number of rotatable bonds is 5. The third kappa shape index (κ3) is 3.48. The van der Waals surface area contributed by atoms with E-state index in [1.165, 1.54) is 4.68 Å². The van der Waals surface area contributed by atoms with Crippen LogP contribution >= 0.6 is 0 Å². The number of piperidine rings is 1. The maximum atomic E-state index is 13.5. The first-order chi connectivity index (χ1) is 15.2. The van der Waals surface area contributed by atoms with Crippen molar-refractivity contribution in [3.63, 3.8) is 0 Å². The Bertz CT molecular complexity index is 1320. The lowest BCUT2D eigenvalue weighted by Crippen LogP contribution is -2.44. The number of nitrogens with zero attached hydrogens (tertiary/aromatic N) is 6. The van der Waals surface area contributed by atoms with Gasteiger partial charge in [-0.05, 0) is 24.3 Å². The normalized spacial score (nSPS) is 16.8. The summed E-state index contributed by atoms with van der Waals surface area (Å²) in [5.74, 6) is 0.755. The van der Waals surface area contributed by atoms with Crippen LogP contribution in [0.2, 0.25) is 0 Å². The summed E-state index contributed by atoms with van der Waals surface area (Å²) >= 11 is 0. The monoisotopic (exact) mass is 415 g/mol. The van der Waals surface area contributed by atoms with Crippen LogP contribution in [0.3, 0.4) is 0 Å². The fraction of sp³-hybridized carbons (Fsp3) is 0.304. The fourth-order valence-electron chi connectivity index (χ4n) is 4.37. The van der Waals surface area contributed by atoms with Gasteiger partial charge in [-0.2, -0.15) is 5.10 Å². The molecule has 2 N–H and O–H groups in total. The number of imidazole rings is 1. The molecule has 1 fully saturated rings. The van der Waals surface area contributed by atoms with Gasteiger partial charge in [0.2, 0.25) is 5.95 Å². The van der Waals surface area contributed by atoms with E-state index < -0.39 is 0 Å². The number of anilines is 1. The molecule has 0 spiro atoms. The number of hydrogen-bond donors (Lipinski definition) is 1. The average Bonchev–Trinajstić information content (AvgIpc) is 3.15. The molecular formula is C23H25N7O. The van der Waals surface area contributed by atoms with Crippen molar-refractivity contribution in [2.45, 2.75) is 32.0 Å². The van der Waals surface area contributed by atoms with Crippen LogP contribution in [0.1, 0.15) is 18.5 Å². The van der Waals surface area contributed by atoms with Gasteiger partial charge in [0.1, 0.15) is 11.0 Å². The minimum absolute atomic E-state index is 0.109. The molecule has 1 aliphatic rings. The second-order valence-electron chi connectivity index (χ2n) is 7.98. The zero-order valence-electron chi connectivity index (χ0n) is 17.3. The Kier molecular flexibility index (Phi) is 4.99. The fourth-order valence-corrected chi connectivity index (χ4v) is 4.37. The molecule has 1 aliphatic heterocycles. The molecule has 1 atom stereocenters. The minimum Gasteiger partial charge on any atom is -0.341 e. The van der Waals surface area contributed by atoms with E-state index in [4.69, 9.17) is 10.7 Å². The van der Waals surface area contributed by atoms with Crippen molar-refractivity contribution in [3.05, 3.63) is 71.4 Å². The van der Waals surface area contributed by atoms with Gasteiger partial charge in [0.25, 0.3) is 5.56 Å². The van der Waals surface area contributed by atoms with Gasteiger partial charge in [-0.25, -0.2) is 9.67 Å². The van der Waals surface area contributed by atoms with E-state index in [1.807, 2.05) is 34.9 Å². The van der Waals surface area contributed by atoms with E-state index in [0.29, 0.717) is 24.1 Å². The van der Waals surface area contributed by atoms with E-state index in [1.54, 1.807) is 18.5 Å². The number of aromatic nitrogens is 5. The summed E-state index contributed by atoms with van der Waals surface area (Å²) in [7, 11) is 0. The lowest BCUT2D eigenvalue weighted by Gasteiger charge is -2.31. The predicted octanol–water partition coefficient (Wildman–Crippen LogP) is 2.30. The number of fused-ring (bicyclic) bond motifs is 2. The summed E-state index contributed by atoms with van der Waals surface area (Å²) in [4.78, 5) is 24.9. The third-order valence-electron chi connectivity index (χ3n) is 5.84. The van der Waals surface area contributed by atoms with Crippen molar-refractivity contribution in [2.75, 3.05) is 18.0 Å². The summed E-state index contributed by atoms with van der Waals surface area (Å²) in [5, 5.41) is 6.50. The lowest BCUT2D eigenvalue weighted by molar-refractivity contribution is 0.495. The Balaban J connectivity index is 1.61. The van der Waals surface area contributed by atoms with E-state index in [-0.39, 0.29) is 11.6 Å². The maximum absolute atomic E-state index is 13.5. The highest BCUT2D eigenvalue weighted by Crippen LogP contribution is 2.23. The minimum atomic E-state index is -0.186. The molecule has 31 heavy (non-hydrogen) atoms. The van der Waals surface area contributed by atoms with Crippen molar-refractivity contribution in [1.29, 1.82) is 0 Å². The smallest absolute Gasteiger partial charge is 0.293 e. The van der Waals surface area contributed by atoms with Crippen LogP contribution in [-0.4, -0.2) is 43.4 Å². The average molecular weight is 416 g/mol. The molecule has 0 aliphatic carbocycles. The highest BCUT2D eigenvalue weighted by Gasteiger charge is 2.24. The van der Waals surface area contributed by atoms with Gasteiger partial charge in [0.15, 0.2) is 0 Å². The Hall–Kier alpha value is -3.52. The summed E-state index contributed by atoms with van der Waals surface area (Å²) in [6, 6.07) is 10.1. The van der Waals surface area contributed by atoms with Crippen LogP contribution in [0.25, 0.3) is 21.8 Å². The van der Waals surface area contributed by atoms with E-state index >= 15 is 0 Å². The molecule has 0 radical (unpaired) electrons. The number of benzene rings is 1. The quantitative estimate of drug-likeness (QED) is 0.503. The first-order valence-corrected chi connectivity index (χ1v) is 10.6. The molecule has 1 aromatic carbocycles. The van der Waals surface area contributed by atoms with Gasteiger partial charge in [-0.3, -0.25) is 9.78 Å². The molecule has 4 heterocycles. The summed E-state index contributed by atoms with van der Waals surface area (Å²) < 4.78 is 3.39. The van der Waals surface area contributed by atoms with Crippen LogP contribution in [0.15, 0.2) is 60.2 Å². The van der Waals surface area contributed by atoms with Crippen molar-refractivity contribution in [1.82, 2.24) is 24.3 Å². The van der Waals surface area contributed by atoms with E-state index in [9.17, 15) is 4.79 Å². The Morgan fingerprint density at radius 2 is 2.13 bits per heavy atom. The molecule has 1 unspecified atom stereocenters. The molecular weight excluding hydrogens is 390 g/mol. The molecule has 8 heteroatoms. The molecule has 8 nitrogen and oxygen atoms in total. The van der Waals surface area contributed by atoms with E-state index in [0.717, 1.165) is 48.3 Å². The maximum Gasteiger partial charge on any atom is 0.293 e. The number of pyridine rings is 1. The van der Waals surface area contributed by atoms with Gasteiger partial charge in [-0.15, -0.1) is 6.58 Å². The molecule has 158 valence electrons. The van der Waals surface area contributed by atoms with Crippen LogP contribution in [-0.2, 0) is 13.1 Å². The van der Waals surface area contributed by atoms with Gasteiger partial charge < -0.3 is 15.2 Å². The molecule has 0 bridgehead atoms. The zero-order valence-corrected chi connectivity index (χ0v) is 17.3. The first kappa shape index (κ1) is 19.4. The van der Waals surface area contributed by atoms with Crippen molar-refractivity contribution in [2.24, 2.45) is 5.73 Å². The highest BCUT2D eigenvalue weighted by atomic mass is 16.1.